The molecule has 1 atom stereocenters. The molecule has 1 amide bonds. The van der Waals surface area contributed by atoms with Gasteiger partial charge in [0.2, 0.25) is 5.91 Å². The van der Waals surface area contributed by atoms with Gasteiger partial charge in [0, 0.05) is 30.7 Å². The van der Waals surface area contributed by atoms with Crippen LogP contribution in [0.15, 0.2) is 42.7 Å². The van der Waals surface area contributed by atoms with Crippen LogP contribution in [-0.2, 0) is 11.3 Å². The quantitative estimate of drug-likeness (QED) is 0.840. The SMILES string of the molecule is COc1ccc(NC(=O)CN2CCCCC2CCn2cccn2)cc1. The Morgan fingerprint density at radius 2 is 2.16 bits per heavy atom. The summed E-state index contributed by atoms with van der Waals surface area (Å²) >= 11 is 0. The van der Waals surface area contributed by atoms with Gasteiger partial charge in [-0.2, -0.15) is 5.10 Å². The van der Waals surface area contributed by atoms with E-state index in [1.807, 2.05) is 41.2 Å². The van der Waals surface area contributed by atoms with Crippen LogP contribution >= 0.6 is 0 Å². The second-order valence-electron chi connectivity index (χ2n) is 6.45. The van der Waals surface area contributed by atoms with E-state index in [-0.39, 0.29) is 5.91 Å². The highest BCUT2D eigenvalue weighted by Gasteiger charge is 2.24. The van der Waals surface area contributed by atoms with Gasteiger partial charge < -0.3 is 10.1 Å². The molecule has 1 aromatic heterocycles. The van der Waals surface area contributed by atoms with Gasteiger partial charge in [-0.25, -0.2) is 0 Å². The number of hydrogen-bond donors (Lipinski definition) is 1. The van der Waals surface area contributed by atoms with Gasteiger partial charge in [-0.1, -0.05) is 6.42 Å². The minimum atomic E-state index is 0.0381. The van der Waals surface area contributed by atoms with Gasteiger partial charge in [0.05, 0.1) is 13.7 Å². The molecule has 1 unspecified atom stereocenters. The maximum absolute atomic E-state index is 12.4. The Labute approximate surface area is 148 Å². The van der Waals surface area contributed by atoms with Crippen molar-refractivity contribution in [2.75, 3.05) is 25.5 Å². The molecule has 0 bridgehead atoms. The maximum atomic E-state index is 12.4. The number of aromatic nitrogens is 2. The summed E-state index contributed by atoms with van der Waals surface area (Å²) in [7, 11) is 1.63. The summed E-state index contributed by atoms with van der Waals surface area (Å²) < 4.78 is 7.10. The Morgan fingerprint density at radius 1 is 1.32 bits per heavy atom. The number of nitrogens with zero attached hydrogens (tertiary/aromatic N) is 3. The van der Waals surface area contributed by atoms with Crippen LogP contribution in [-0.4, -0.2) is 46.8 Å². The number of amides is 1. The lowest BCUT2D eigenvalue weighted by Crippen LogP contribution is -2.44. The van der Waals surface area contributed by atoms with E-state index in [1.165, 1.54) is 6.42 Å². The molecule has 1 aliphatic heterocycles. The van der Waals surface area contributed by atoms with Gasteiger partial charge in [-0.15, -0.1) is 0 Å². The Balaban J connectivity index is 1.52. The Hall–Kier alpha value is -2.34. The number of rotatable bonds is 7. The number of nitrogens with one attached hydrogen (secondary N) is 1. The van der Waals surface area contributed by atoms with Crippen molar-refractivity contribution in [3.05, 3.63) is 42.7 Å². The van der Waals surface area contributed by atoms with Crippen LogP contribution in [0.25, 0.3) is 0 Å². The third kappa shape index (κ3) is 5.06. The van der Waals surface area contributed by atoms with Crippen LogP contribution < -0.4 is 10.1 Å². The average Bonchev–Trinajstić information content (AvgIpc) is 3.15. The van der Waals surface area contributed by atoms with E-state index in [1.54, 1.807) is 13.3 Å². The molecule has 0 saturated carbocycles. The predicted octanol–water partition coefficient (Wildman–Crippen LogP) is 2.78. The second-order valence-corrected chi connectivity index (χ2v) is 6.45. The number of anilines is 1. The number of piperidine rings is 1. The average molecular weight is 342 g/mol. The summed E-state index contributed by atoms with van der Waals surface area (Å²) in [5.74, 6) is 0.823. The summed E-state index contributed by atoms with van der Waals surface area (Å²) in [5.41, 5.74) is 0.802. The van der Waals surface area contributed by atoms with Crippen LogP contribution in [0.1, 0.15) is 25.7 Å². The van der Waals surface area contributed by atoms with Gasteiger partial charge in [-0.3, -0.25) is 14.4 Å². The van der Waals surface area contributed by atoms with Gasteiger partial charge in [0.25, 0.3) is 0 Å². The molecule has 1 N–H and O–H groups in total. The number of hydrogen-bond acceptors (Lipinski definition) is 4. The summed E-state index contributed by atoms with van der Waals surface area (Å²) in [6.45, 7) is 2.32. The highest BCUT2D eigenvalue weighted by atomic mass is 16.5. The van der Waals surface area contributed by atoms with Crippen LogP contribution in [0, 0.1) is 0 Å². The van der Waals surface area contributed by atoms with E-state index < -0.39 is 0 Å². The van der Waals surface area contributed by atoms with Crippen molar-refractivity contribution >= 4 is 11.6 Å². The van der Waals surface area contributed by atoms with Crippen LogP contribution in [0.3, 0.4) is 0 Å². The maximum Gasteiger partial charge on any atom is 0.238 e. The largest absolute Gasteiger partial charge is 0.497 e. The Morgan fingerprint density at radius 3 is 2.88 bits per heavy atom. The molecule has 6 heteroatoms. The molecule has 1 saturated heterocycles. The van der Waals surface area contributed by atoms with Gasteiger partial charge in [0.1, 0.15) is 5.75 Å². The number of methoxy groups -OCH3 is 1. The third-order valence-electron chi connectivity index (χ3n) is 4.72. The molecular weight excluding hydrogens is 316 g/mol. The Bertz CT molecular complexity index is 655. The van der Waals surface area contributed by atoms with Crippen LogP contribution in [0.4, 0.5) is 5.69 Å². The van der Waals surface area contributed by atoms with Crippen molar-refractivity contribution in [3.63, 3.8) is 0 Å². The van der Waals surface area contributed by atoms with Crippen molar-refractivity contribution in [1.29, 1.82) is 0 Å². The molecule has 1 aliphatic rings. The van der Waals surface area contributed by atoms with E-state index in [0.717, 1.165) is 43.8 Å². The number of ether oxygens (including phenoxy) is 1. The number of benzene rings is 1. The lowest BCUT2D eigenvalue weighted by atomic mass is 9.99. The highest BCUT2D eigenvalue weighted by Crippen LogP contribution is 2.20. The fraction of sp³-hybridized carbons (Fsp3) is 0.474. The molecule has 25 heavy (non-hydrogen) atoms. The zero-order chi connectivity index (χ0) is 17.5. The molecule has 1 aromatic carbocycles. The first kappa shape index (κ1) is 17.5. The lowest BCUT2D eigenvalue weighted by molar-refractivity contribution is -0.118. The highest BCUT2D eigenvalue weighted by molar-refractivity contribution is 5.92. The number of likely N-dealkylation sites (tertiary alicyclic amines) is 1. The molecule has 0 aliphatic carbocycles. The van der Waals surface area contributed by atoms with Crippen molar-refractivity contribution in [2.24, 2.45) is 0 Å². The minimum Gasteiger partial charge on any atom is -0.497 e. The first-order chi connectivity index (χ1) is 12.2. The van der Waals surface area contributed by atoms with Crippen molar-refractivity contribution < 1.29 is 9.53 Å². The van der Waals surface area contributed by atoms with Crippen molar-refractivity contribution in [2.45, 2.75) is 38.3 Å². The van der Waals surface area contributed by atoms with Crippen LogP contribution in [0.5, 0.6) is 5.75 Å². The number of aryl methyl sites for hydroxylation is 1. The minimum absolute atomic E-state index is 0.0381. The zero-order valence-electron chi connectivity index (χ0n) is 14.7. The molecule has 0 radical (unpaired) electrons. The monoisotopic (exact) mass is 342 g/mol. The standard InChI is InChI=1S/C19H26N4O2/c1-25-18-8-6-16(7-9-18)21-19(24)15-22-12-3-2-5-17(22)10-14-23-13-4-11-20-23/h4,6-9,11,13,17H,2-3,5,10,12,14-15H2,1H3,(H,21,24). The summed E-state index contributed by atoms with van der Waals surface area (Å²) in [6, 6.07) is 9.82. The Kier molecular flexibility index (Phi) is 6.06. The second kappa shape index (κ2) is 8.67. The molecule has 0 spiro atoms. The first-order valence-corrected chi connectivity index (χ1v) is 8.90. The lowest BCUT2D eigenvalue weighted by Gasteiger charge is -2.35. The zero-order valence-corrected chi connectivity index (χ0v) is 14.7. The fourth-order valence-electron chi connectivity index (χ4n) is 3.37. The van der Waals surface area contributed by atoms with Gasteiger partial charge in [0.15, 0.2) is 0 Å². The van der Waals surface area contributed by atoms with E-state index in [0.29, 0.717) is 12.6 Å². The summed E-state index contributed by atoms with van der Waals surface area (Å²) in [4.78, 5) is 14.7. The van der Waals surface area contributed by atoms with Crippen molar-refractivity contribution in [3.8, 4) is 5.75 Å². The molecular formula is C19H26N4O2. The predicted molar refractivity (Wildman–Crippen MR) is 97.7 cm³/mol. The van der Waals surface area contributed by atoms with Gasteiger partial charge >= 0.3 is 0 Å². The first-order valence-electron chi connectivity index (χ1n) is 8.90. The summed E-state index contributed by atoms with van der Waals surface area (Å²) in [5, 5.41) is 7.24. The third-order valence-corrected chi connectivity index (χ3v) is 4.72. The van der Waals surface area contributed by atoms with Crippen LogP contribution in [0.2, 0.25) is 0 Å². The molecule has 134 valence electrons. The molecule has 2 heterocycles. The molecule has 3 rings (SSSR count). The molecule has 6 nitrogen and oxygen atoms in total. The fourth-order valence-corrected chi connectivity index (χ4v) is 3.37. The van der Waals surface area contributed by atoms with E-state index in [9.17, 15) is 4.79 Å². The molecule has 2 aromatic rings. The normalized spacial score (nSPS) is 18.0. The van der Waals surface area contributed by atoms with E-state index in [4.69, 9.17) is 4.74 Å². The van der Waals surface area contributed by atoms with Gasteiger partial charge in [-0.05, 0) is 56.1 Å². The molecule has 1 fully saturated rings. The van der Waals surface area contributed by atoms with E-state index >= 15 is 0 Å². The summed E-state index contributed by atoms with van der Waals surface area (Å²) in [6.07, 6.45) is 8.37. The van der Waals surface area contributed by atoms with Crippen molar-refractivity contribution in [1.82, 2.24) is 14.7 Å². The number of carbonyl (C=O) groups excluding carboxylic acids is 1. The van der Waals surface area contributed by atoms with E-state index in [2.05, 4.69) is 15.3 Å². The topological polar surface area (TPSA) is 59.4 Å². The smallest absolute Gasteiger partial charge is 0.238 e. The number of carbonyl (C=O) groups is 1.